The maximum Gasteiger partial charge on any atom is 0.140 e. The second-order valence-corrected chi connectivity index (χ2v) is 7.14. The molecule has 0 amide bonds. The van der Waals surface area contributed by atoms with Gasteiger partial charge in [-0.25, -0.2) is 0 Å². The summed E-state index contributed by atoms with van der Waals surface area (Å²) in [5, 5.41) is 14.4. The van der Waals surface area contributed by atoms with Crippen LogP contribution in [0.3, 0.4) is 0 Å². The number of hydrogen-bond acceptors (Lipinski definition) is 3. The Morgan fingerprint density at radius 3 is 2.35 bits per heavy atom. The number of aromatic hydroxyl groups is 1. The van der Waals surface area contributed by atoms with E-state index in [9.17, 15) is 5.11 Å². The lowest BCUT2D eigenvalue weighted by molar-refractivity contribution is 0.0843. The van der Waals surface area contributed by atoms with E-state index in [0.29, 0.717) is 5.02 Å². The van der Waals surface area contributed by atoms with Crippen molar-refractivity contribution in [2.24, 2.45) is 5.41 Å². The summed E-state index contributed by atoms with van der Waals surface area (Å²) in [6.07, 6.45) is 0. The third-order valence-electron chi connectivity index (χ3n) is 3.73. The zero-order chi connectivity index (χ0) is 14.9. The maximum absolute atomic E-state index is 10.4. The molecule has 0 bridgehead atoms. The number of hydrogen-bond donors (Lipinski definition) is 2. The molecule has 1 aliphatic rings. The van der Waals surface area contributed by atoms with Crippen LogP contribution in [0.1, 0.15) is 32.4 Å². The average molecular weight is 317 g/mol. The van der Waals surface area contributed by atoms with E-state index in [4.69, 9.17) is 23.2 Å². The molecule has 1 atom stereocenters. The summed E-state index contributed by atoms with van der Waals surface area (Å²) in [4.78, 5) is 2.40. The largest absolute Gasteiger partial charge is 0.506 e. The van der Waals surface area contributed by atoms with Crippen LogP contribution in [-0.4, -0.2) is 36.2 Å². The first-order chi connectivity index (χ1) is 9.32. The van der Waals surface area contributed by atoms with Crippen molar-refractivity contribution >= 4 is 23.2 Å². The molecule has 0 aromatic heterocycles. The van der Waals surface area contributed by atoms with Gasteiger partial charge in [0.1, 0.15) is 10.8 Å². The second-order valence-electron chi connectivity index (χ2n) is 6.35. The molecule has 112 valence electrons. The quantitative estimate of drug-likeness (QED) is 0.873. The number of piperazine rings is 1. The normalized spacial score (nSPS) is 19.1. The Hall–Kier alpha value is -0.480. The molecular weight excluding hydrogens is 295 g/mol. The zero-order valence-corrected chi connectivity index (χ0v) is 13.7. The Morgan fingerprint density at radius 1 is 1.20 bits per heavy atom. The maximum atomic E-state index is 10.4. The highest BCUT2D eigenvalue weighted by Gasteiger charge is 2.34. The van der Waals surface area contributed by atoms with E-state index in [1.807, 2.05) is 6.07 Å². The van der Waals surface area contributed by atoms with Crippen LogP contribution in [0, 0.1) is 5.41 Å². The van der Waals surface area contributed by atoms with Gasteiger partial charge in [0.05, 0.1) is 5.02 Å². The van der Waals surface area contributed by atoms with Crippen LogP contribution in [0.5, 0.6) is 5.75 Å². The van der Waals surface area contributed by atoms with E-state index in [1.54, 1.807) is 6.07 Å². The highest BCUT2D eigenvalue weighted by molar-refractivity contribution is 6.43. The van der Waals surface area contributed by atoms with Crippen molar-refractivity contribution in [3.05, 3.63) is 27.7 Å². The number of phenolic OH excluding ortho intramolecular Hbond substituents is 1. The summed E-state index contributed by atoms with van der Waals surface area (Å²) in [6, 6.07) is 3.76. The molecule has 1 aromatic carbocycles. The minimum atomic E-state index is -0.00796. The predicted octanol–water partition coefficient (Wildman–Crippen LogP) is 3.69. The first kappa shape index (κ1) is 15.9. The monoisotopic (exact) mass is 316 g/mol. The first-order valence-electron chi connectivity index (χ1n) is 6.94. The van der Waals surface area contributed by atoms with E-state index in [-0.39, 0.29) is 22.2 Å². The Bertz CT molecular complexity index is 479. The van der Waals surface area contributed by atoms with Gasteiger partial charge in [-0.1, -0.05) is 50.0 Å². The minimum absolute atomic E-state index is 0.00796. The minimum Gasteiger partial charge on any atom is -0.506 e. The van der Waals surface area contributed by atoms with Crippen molar-refractivity contribution in [1.82, 2.24) is 10.2 Å². The van der Waals surface area contributed by atoms with Crippen LogP contribution in [0.25, 0.3) is 0 Å². The Labute approximate surface area is 130 Å². The average Bonchev–Trinajstić information content (AvgIpc) is 2.39. The van der Waals surface area contributed by atoms with Gasteiger partial charge in [0.25, 0.3) is 0 Å². The van der Waals surface area contributed by atoms with Crippen LogP contribution in [0.2, 0.25) is 10.0 Å². The number of nitrogens with zero attached hydrogens (tertiary/aromatic N) is 1. The smallest absolute Gasteiger partial charge is 0.140 e. The van der Waals surface area contributed by atoms with Crippen LogP contribution in [-0.2, 0) is 0 Å². The summed E-state index contributed by atoms with van der Waals surface area (Å²) < 4.78 is 0. The standard InChI is InChI=1S/C15H22Cl2N2O/c1-15(2,3)14(19-8-6-18-7-9-19)10-4-5-11(16)12(17)13(10)20/h4-5,14,18,20H,6-9H2,1-3H3/t14-/m0/s1. The molecule has 1 aliphatic heterocycles. The fraction of sp³-hybridized carbons (Fsp3) is 0.600. The van der Waals surface area contributed by atoms with Gasteiger partial charge >= 0.3 is 0 Å². The van der Waals surface area contributed by atoms with Crippen LogP contribution in [0.4, 0.5) is 0 Å². The molecule has 1 aromatic rings. The molecular formula is C15H22Cl2N2O. The fourth-order valence-corrected chi connectivity index (χ4v) is 3.25. The van der Waals surface area contributed by atoms with E-state index < -0.39 is 0 Å². The number of nitrogens with one attached hydrogen (secondary N) is 1. The van der Waals surface area contributed by atoms with Crippen molar-refractivity contribution in [2.75, 3.05) is 26.2 Å². The summed E-state index contributed by atoms with van der Waals surface area (Å²) in [5.74, 6) is 0.109. The molecule has 2 rings (SSSR count). The van der Waals surface area contributed by atoms with Crippen LogP contribution < -0.4 is 5.32 Å². The first-order valence-corrected chi connectivity index (χ1v) is 7.69. The van der Waals surface area contributed by atoms with Gasteiger partial charge in [-0.15, -0.1) is 0 Å². The number of phenols is 1. The van der Waals surface area contributed by atoms with Gasteiger partial charge in [0.2, 0.25) is 0 Å². The Morgan fingerprint density at radius 2 is 1.80 bits per heavy atom. The van der Waals surface area contributed by atoms with E-state index >= 15 is 0 Å². The molecule has 2 N–H and O–H groups in total. The molecule has 1 saturated heterocycles. The van der Waals surface area contributed by atoms with Crippen LogP contribution >= 0.6 is 23.2 Å². The summed E-state index contributed by atoms with van der Waals surface area (Å²) in [5.41, 5.74) is 0.847. The third-order valence-corrected chi connectivity index (χ3v) is 4.53. The lowest BCUT2D eigenvalue weighted by Crippen LogP contribution is -2.48. The predicted molar refractivity (Wildman–Crippen MR) is 84.8 cm³/mol. The topological polar surface area (TPSA) is 35.5 Å². The molecule has 0 unspecified atom stereocenters. The van der Waals surface area contributed by atoms with E-state index in [0.717, 1.165) is 31.7 Å². The lowest BCUT2D eigenvalue weighted by atomic mass is 9.80. The lowest BCUT2D eigenvalue weighted by Gasteiger charge is -2.42. The number of benzene rings is 1. The molecule has 0 radical (unpaired) electrons. The molecule has 1 fully saturated rings. The summed E-state index contributed by atoms with van der Waals surface area (Å²) in [6.45, 7) is 10.4. The summed E-state index contributed by atoms with van der Waals surface area (Å²) >= 11 is 12.1. The number of rotatable bonds is 2. The Kier molecular flexibility index (Phi) is 4.85. The van der Waals surface area contributed by atoms with Gasteiger partial charge in [-0.05, 0) is 11.5 Å². The summed E-state index contributed by atoms with van der Waals surface area (Å²) in [7, 11) is 0. The number of halogens is 2. The van der Waals surface area contributed by atoms with Gasteiger partial charge < -0.3 is 10.4 Å². The fourth-order valence-electron chi connectivity index (χ4n) is 2.93. The van der Waals surface area contributed by atoms with Gasteiger partial charge in [0, 0.05) is 37.8 Å². The molecule has 20 heavy (non-hydrogen) atoms. The molecule has 3 nitrogen and oxygen atoms in total. The van der Waals surface area contributed by atoms with Crippen molar-refractivity contribution in [2.45, 2.75) is 26.8 Å². The van der Waals surface area contributed by atoms with Gasteiger partial charge in [-0.2, -0.15) is 0 Å². The van der Waals surface area contributed by atoms with Crippen LogP contribution in [0.15, 0.2) is 12.1 Å². The second kappa shape index (κ2) is 6.10. The zero-order valence-electron chi connectivity index (χ0n) is 12.2. The highest BCUT2D eigenvalue weighted by atomic mass is 35.5. The molecule has 0 spiro atoms. The van der Waals surface area contributed by atoms with Crippen molar-refractivity contribution in [3.8, 4) is 5.75 Å². The van der Waals surface area contributed by atoms with Crippen molar-refractivity contribution < 1.29 is 5.11 Å². The molecule has 0 saturated carbocycles. The molecule has 5 heteroatoms. The highest BCUT2D eigenvalue weighted by Crippen LogP contribution is 2.45. The van der Waals surface area contributed by atoms with E-state index in [1.165, 1.54) is 0 Å². The van der Waals surface area contributed by atoms with Gasteiger partial charge in [0.15, 0.2) is 0 Å². The molecule has 0 aliphatic carbocycles. The van der Waals surface area contributed by atoms with Crippen molar-refractivity contribution in [1.29, 1.82) is 0 Å². The Balaban J connectivity index is 2.44. The molecule has 1 heterocycles. The SMILES string of the molecule is CC(C)(C)[C@H](c1ccc(Cl)c(Cl)c1O)N1CCNCC1. The van der Waals surface area contributed by atoms with Gasteiger partial charge in [-0.3, -0.25) is 4.90 Å². The van der Waals surface area contributed by atoms with Crippen molar-refractivity contribution in [3.63, 3.8) is 0 Å². The van der Waals surface area contributed by atoms with E-state index in [2.05, 4.69) is 31.0 Å². The third kappa shape index (κ3) is 3.22.